The normalized spacial score (nSPS) is 10.1. The van der Waals surface area contributed by atoms with Gasteiger partial charge >= 0.3 is 0 Å². The molecule has 1 aromatic rings. The van der Waals surface area contributed by atoms with Crippen molar-refractivity contribution in [2.45, 2.75) is 4.21 Å². The Morgan fingerprint density at radius 2 is 1.86 bits per heavy atom. The lowest BCUT2D eigenvalue weighted by Crippen LogP contribution is -2.15. The van der Waals surface area contributed by atoms with Crippen LogP contribution in [0.5, 0.6) is 0 Å². The van der Waals surface area contributed by atoms with Gasteiger partial charge in [-0.05, 0) is 6.26 Å². The number of carbonyl (C=O) groups is 2. The van der Waals surface area contributed by atoms with E-state index < -0.39 is 11.8 Å². The number of primary amides is 2. The highest BCUT2D eigenvalue weighted by Gasteiger charge is 2.21. The maximum absolute atomic E-state index is 11.0. The largest absolute Gasteiger partial charge is 0.397 e. The van der Waals surface area contributed by atoms with Crippen LogP contribution in [0.15, 0.2) is 4.21 Å². The smallest absolute Gasteiger partial charge is 0.260 e. The van der Waals surface area contributed by atoms with Gasteiger partial charge in [0, 0.05) is 0 Å². The van der Waals surface area contributed by atoms with E-state index in [1.165, 1.54) is 11.8 Å². The Balaban J connectivity index is 3.40. The van der Waals surface area contributed by atoms with Crippen LogP contribution in [-0.2, 0) is 0 Å². The summed E-state index contributed by atoms with van der Waals surface area (Å²) in [7, 11) is 0. The van der Waals surface area contributed by atoms with Gasteiger partial charge in [-0.15, -0.1) is 23.1 Å². The van der Waals surface area contributed by atoms with Crippen molar-refractivity contribution in [3.8, 4) is 0 Å². The molecular weight excluding hydrogens is 222 g/mol. The topological polar surface area (TPSA) is 112 Å². The highest BCUT2D eigenvalue weighted by molar-refractivity contribution is 8.00. The van der Waals surface area contributed by atoms with E-state index in [0.717, 1.165) is 11.3 Å². The van der Waals surface area contributed by atoms with E-state index in [0.29, 0.717) is 4.21 Å². The van der Waals surface area contributed by atoms with Gasteiger partial charge in [0.25, 0.3) is 11.8 Å². The monoisotopic (exact) mass is 231 g/mol. The summed E-state index contributed by atoms with van der Waals surface area (Å²) in [5, 5.41) is 0. The zero-order valence-corrected chi connectivity index (χ0v) is 9.00. The van der Waals surface area contributed by atoms with Crippen LogP contribution in [0, 0.1) is 0 Å². The van der Waals surface area contributed by atoms with Gasteiger partial charge in [0.1, 0.15) is 4.88 Å². The first-order valence-corrected chi connectivity index (χ1v) is 5.59. The van der Waals surface area contributed by atoms with Gasteiger partial charge in [0.15, 0.2) is 0 Å². The fraction of sp³-hybridized carbons (Fsp3) is 0.143. The van der Waals surface area contributed by atoms with Gasteiger partial charge in [-0.2, -0.15) is 0 Å². The second-order valence-electron chi connectivity index (χ2n) is 2.44. The van der Waals surface area contributed by atoms with Crippen LogP contribution in [-0.4, -0.2) is 18.1 Å². The van der Waals surface area contributed by atoms with Gasteiger partial charge in [0.2, 0.25) is 0 Å². The molecular formula is C7H9N3O2S2. The van der Waals surface area contributed by atoms with Crippen LogP contribution in [0.4, 0.5) is 5.69 Å². The Morgan fingerprint density at radius 3 is 2.14 bits per heavy atom. The van der Waals surface area contributed by atoms with Gasteiger partial charge in [-0.3, -0.25) is 9.59 Å². The Bertz CT molecular complexity index is 400. The SMILES string of the molecule is CSc1sc(C(N)=O)c(N)c1C(N)=O. The molecule has 7 heteroatoms. The molecule has 76 valence electrons. The molecule has 1 rings (SSSR count). The molecule has 6 N–H and O–H groups in total. The van der Waals surface area contributed by atoms with Crippen molar-refractivity contribution in [3.05, 3.63) is 10.4 Å². The van der Waals surface area contributed by atoms with Crippen molar-refractivity contribution < 1.29 is 9.59 Å². The third-order valence-corrected chi connectivity index (χ3v) is 3.91. The first kappa shape index (κ1) is 10.9. The minimum Gasteiger partial charge on any atom is -0.397 e. The molecule has 0 aliphatic heterocycles. The maximum atomic E-state index is 11.0. The molecule has 14 heavy (non-hydrogen) atoms. The fourth-order valence-electron chi connectivity index (χ4n) is 0.982. The van der Waals surface area contributed by atoms with Crippen molar-refractivity contribution in [3.63, 3.8) is 0 Å². The Kier molecular flexibility index (Phi) is 3.02. The summed E-state index contributed by atoms with van der Waals surface area (Å²) in [6, 6.07) is 0. The Hall–Kier alpha value is -1.21. The molecule has 0 bridgehead atoms. The molecule has 0 saturated carbocycles. The fourth-order valence-corrected chi connectivity index (χ4v) is 2.79. The molecule has 0 aliphatic rings. The van der Waals surface area contributed by atoms with Crippen LogP contribution in [0.2, 0.25) is 0 Å². The minimum atomic E-state index is -0.643. The number of hydrogen-bond acceptors (Lipinski definition) is 5. The highest BCUT2D eigenvalue weighted by atomic mass is 32.2. The van der Waals surface area contributed by atoms with Crippen molar-refractivity contribution in [2.24, 2.45) is 11.5 Å². The number of nitrogen functional groups attached to an aromatic ring is 1. The van der Waals surface area contributed by atoms with Gasteiger partial charge < -0.3 is 17.2 Å². The van der Waals surface area contributed by atoms with Crippen molar-refractivity contribution in [2.75, 3.05) is 12.0 Å². The van der Waals surface area contributed by atoms with E-state index in [4.69, 9.17) is 17.2 Å². The molecule has 0 fully saturated rings. The van der Waals surface area contributed by atoms with Crippen LogP contribution in [0.1, 0.15) is 20.0 Å². The summed E-state index contributed by atoms with van der Waals surface area (Å²) >= 11 is 2.39. The summed E-state index contributed by atoms with van der Waals surface area (Å²) in [4.78, 5) is 22.1. The van der Waals surface area contributed by atoms with Crippen molar-refractivity contribution >= 4 is 40.6 Å². The third kappa shape index (κ3) is 1.68. The molecule has 1 heterocycles. The van der Waals surface area contributed by atoms with E-state index in [2.05, 4.69) is 0 Å². The number of thioether (sulfide) groups is 1. The predicted molar refractivity (Wildman–Crippen MR) is 57.5 cm³/mol. The van der Waals surface area contributed by atoms with Crippen molar-refractivity contribution in [1.29, 1.82) is 0 Å². The molecule has 0 aliphatic carbocycles. The lowest BCUT2D eigenvalue weighted by Gasteiger charge is -1.96. The first-order valence-electron chi connectivity index (χ1n) is 3.54. The maximum Gasteiger partial charge on any atom is 0.260 e. The number of anilines is 1. The summed E-state index contributed by atoms with van der Waals surface area (Å²) < 4.78 is 0.615. The summed E-state index contributed by atoms with van der Waals surface area (Å²) in [6.45, 7) is 0. The molecule has 2 amide bonds. The number of amides is 2. The van der Waals surface area contributed by atoms with E-state index in [1.54, 1.807) is 6.26 Å². The van der Waals surface area contributed by atoms with Gasteiger partial charge in [0.05, 0.1) is 15.5 Å². The van der Waals surface area contributed by atoms with Crippen LogP contribution < -0.4 is 17.2 Å². The lowest BCUT2D eigenvalue weighted by atomic mass is 10.2. The summed E-state index contributed by atoms with van der Waals surface area (Å²) in [5.74, 6) is -1.29. The molecule has 0 radical (unpaired) electrons. The quantitative estimate of drug-likeness (QED) is 0.647. The van der Waals surface area contributed by atoms with E-state index in [9.17, 15) is 9.59 Å². The average molecular weight is 231 g/mol. The second-order valence-corrected chi connectivity index (χ2v) is 4.54. The summed E-state index contributed by atoms with van der Waals surface area (Å²) in [5.41, 5.74) is 16.1. The second kappa shape index (κ2) is 3.89. The van der Waals surface area contributed by atoms with Gasteiger partial charge in [-0.25, -0.2) is 0 Å². The molecule has 0 atom stereocenters. The number of hydrogen-bond donors (Lipinski definition) is 3. The van der Waals surface area contributed by atoms with E-state index in [1.807, 2.05) is 0 Å². The summed E-state index contributed by atoms with van der Waals surface area (Å²) in [6.07, 6.45) is 1.77. The number of nitrogens with two attached hydrogens (primary N) is 3. The molecule has 0 saturated heterocycles. The van der Waals surface area contributed by atoms with Crippen LogP contribution in [0.3, 0.4) is 0 Å². The third-order valence-electron chi connectivity index (χ3n) is 1.57. The van der Waals surface area contributed by atoms with Gasteiger partial charge in [-0.1, -0.05) is 0 Å². The first-order chi connectivity index (χ1) is 6.49. The van der Waals surface area contributed by atoms with E-state index >= 15 is 0 Å². The Morgan fingerprint density at radius 1 is 1.29 bits per heavy atom. The number of thiophene rings is 1. The molecule has 1 aromatic heterocycles. The standard InChI is InChI=1S/C7H9N3O2S2/c1-13-7-2(5(9)11)3(8)4(14-7)6(10)12/h8H2,1H3,(H2,9,11)(H2,10,12). The molecule has 0 spiro atoms. The lowest BCUT2D eigenvalue weighted by molar-refractivity contribution is 0.0997. The molecule has 0 aromatic carbocycles. The van der Waals surface area contributed by atoms with Crippen LogP contribution >= 0.6 is 23.1 Å². The number of carbonyl (C=O) groups excluding carboxylic acids is 2. The zero-order chi connectivity index (χ0) is 10.9. The minimum absolute atomic E-state index is 0.0827. The van der Waals surface area contributed by atoms with Crippen molar-refractivity contribution in [1.82, 2.24) is 0 Å². The Labute approximate surface area is 88.6 Å². The van der Waals surface area contributed by atoms with E-state index in [-0.39, 0.29) is 16.1 Å². The van der Waals surface area contributed by atoms with Crippen LogP contribution in [0.25, 0.3) is 0 Å². The predicted octanol–water partition coefficient (Wildman–Crippen LogP) is 0.250. The average Bonchev–Trinajstić information content (AvgIpc) is 2.42. The number of rotatable bonds is 3. The highest BCUT2D eigenvalue weighted by Crippen LogP contribution is 2.36. The molecule has 5 nitrogen and oxygen atoms in total. The zero-order valence-electron chi connectivity index (χ0n) is 7.37. The molecule has 0 unspecified atom stereocenters.